The number of halogens is 1. The van der Waals surface area contributed by atoms with Gasteiger partial charge in [0.15, 0.2) is 5.82 Å². The van der Waals surface area contributed by atoms with Gasteiger partial charge in [-0.1, -0.05) is 6.92 Å². The number of hydrogen-bond acceptors (Lipinski definition) is 2. The first-order valence-corrected chi connectivity index (χ1v) is 3.49. The van der Waals surface area contributed by atoms with Gasteiger partial charge in [0.05, 0.1) is 5.69 Å². The van der Waals surface area contributed by atoms with E-state index >= 15 is 0 Å². The van der Waals surface area contributed by atoms with E-state index in [9.17, 15) is 4.39 Å². The van der Waals surface area contributed by atoms with Gasteiger partial charge in [0, 0.05) is 11.3 Å². The van der Waals surface area contributed by atoms with Gasteiger partial charge in [-0.2, -0.15) is 0 Å². The Labute approximate surface area is 65.0 Å². The molecule has 0 aliphatic carbocycles. The summed E-state index contributed by atoms with van der Waals surface area (Å²) in [7, 11) is 0. The van der Waals surface area contributed by atoms with E-state index in [2.05, 4.69) is 0 Å². The van der Waals surface area contributed by atoms with Crippen molar-refractivity contribution in [2.24, 2.45) is 0 Å². The van der Waals surface area contributed by atoms with E-state index in [1.165, 1.54) is 6.07 Å². The zero-order valence-electron chi connectivity index (χ0n) is 6.39. The molecule has 3 heteroatoms. The van der Waals surface area contributed by atoms with Crippen molar-refractivity contribution in [3.05, 3.63) is 23.5 Å². The van der Waals surface area contributed by atoms with Crippen LogP contribution in [0.5, 0.6) is 0 Å². The van der Waals surface area contributed by atoms with Crippen molar-refractivity contribution in [1.82, 2.24) is 0 Å². The van der Waals surface area contributed by atoms with Crippen molar-refractivity contribution in [2.45, 2.75) is 13.3 Å². The number of nitrogens with two attached hydrogens (primary N) is 2. The quantitative estimate of drug-likeness (QED) is 0.603. The number of hydrogen-bond donors (Lipinski definition) is 2. The van der Waals surface area contributed by atoms with Gasteiger partial charge in [-0.25, -0.2) is 4.39 Å². The smallest absolute Gasteiger partial charge is 0.151 e. The van der Waals surface area contributed by atoms with Gasteiger partial charge in [-0.3, -0.25) is 0 Å². The van der Waals surface area contributed by atoms with Crippen molar-refractivity contribution >= 4 is 11.4 Å². The Bertz CT molecular complexity index is 271. The van der Waals surface area contributed by atoms with Crippen molar-refractivity contribution < 1.29 is 4.39 Å². The molecule has 1 aromatic rings. The van der Waals surface area contributed by atoms with E-state index in [4.69, 9.17) is 11.5 Å². The summed E-state index contributed by atoms with van der Waals surface area (Å²) < 4.78 is 13.1. The lowest BCUT2D eigenvalue weighted by molar-refractivity contribution is 0.618. The van der Waals surface area contributed by atoms with E-state index in [0.717, 1.165) is 0 Å². The van der Waals surface area contributed by atoms with Crippen molar-refractivity contribution in [3.8, 4) is 0 Å². The van der Waals surface area contributed by atoms with Crippen LogP contribution < -0.4 is 11.5 Å². The molecule has 0 saturated heterocycles. The molecular formula is C8H11FN2. The van der Waals surface area contributed by atoms with E-state index in [1.807, 2.05) is 6.92 Å². The van der Waals surface area contributed by atoms with Crippen LogP contribution in [0, 0.1) is 5.82 Å². The minimum absolute atomic E-state index is 0.163. The number of anilines is 2. The summed E-state index contributed by atoms with van der Waals surface area (Å²) in [4.78, 5) is 0. The Morgan fingerprint density at radius 3 is 2.27 bits per heavy atom. The SMILES string of the molecule is CCc1c(N)ccc(N)c1F. The highest BCUT2D eigenvalue weighted by molar-refractivity contribution is 5.56. The predicted octanol–water partition coefficient (Wildman–Crippen LogP) is 1.55. The summed E-state index contributed by atoms with van der Waals surface area (Å²) in [6.45, 7) is 1.84. The van der Waals surface area contributed by atoms with Crippen molar-refractivity contribution in [3.63, 3.8) is 0 Å². The molecule has 4 N–H and O–H groups in total. The first-order chi connectivity index (χ1) is 5.16. The normalized spacial score (nSPS) is 10.0. The summed E-state index contributed by atoms with van der Waals surface area (Å²) in [6.07, 6.45) is 0.572. The van der Waals surface area contributed by atoms with Gasteiger partial charge in [0.25, 0.3) is 0 Å². The van der Waals surface area contributed by atoms with E-state index < -0.39 is 0 Å². The second-order valence-electron chi connectivity index (χ2n) is 2.39. The molecule has 0 aliphatic rings. The molecule has 0 unspecified atom stereocenters. The van der Waals surface area contributed by atoms with Crippen LogP contribution in [0.4, 0.5) is 15.8 Å². The molecule has 0 aliphatic heterocycles. The zero-order valence-corrected chi connectivity index (χ0v) is 6.39. The van der Waals surface area contributed by atoms with Crippen LogP contribution in [0.2, 0.25) is 0 Å². The molecule has 0 heterocycles. The van der Waals surface area contributed by atoms with Crippen molar-refractivity contribution in [2.75, 3.05) is 11.5 Å². The lowest BCUT2D eigenvalue weighted by Crippen LogP contribution is -2.00. The Hall–Kier alpha value is -1.25. The molecule has 0 aromatic heterocycles. The van der Waals surface area contributed by atoms with Crippen LogP contribution in [-0.2, 0) is 6.42 Å². The lowest BCUT2D eigenvalue weighted by Gasteiger charge is -2.05. The third-order valence-electron chi connectivity index (χ3n) is 1.66. The minimum atomic E-state index is -0.382. The lowest BCUT2D eigenvalue weighted by atomic mass is 10.1. The standard InChI is InChI=1S/C8H11FN2/c1-2-5-6(10)3-4-7(11)8(5)9/h3-4H,2,10-11H2,1H3. The molecular weight excluding hydrogens is 143 g/mol. The second kappa shape index (κ2) is 2.78. The maximum absolute atomic E-state index is 13.1. The predicted molar refractivity (Wildman–Crippen MR) is 44.6 cm³/mol. The third-order valence-corrected chi connectivity index (χ3v) is 1.66. The van der Waals surface area contributed by atoms with E-state index in [0.29, 0.717) is 17.7 Å². The Morgan fingerprint density at radius 2 is 1.82 bits per heavy atom. The fourth-order valence-corrected chi connectivity index (χ4v) is 1.01. The fraction of sp³-hybridized carbons (Fsp3) is 0.250. The Morgan fingerprint density at radius 1 is 1.27 bits per heavy atom. The van der Waals surface area contributed by atoms with Crippen LogP contribution in [0.3, 0.4) is 0 Å². The van der Waals surface area contributed by atoms with Crippen LogP contribution in [0.25, 0.3) is 0 Å². The summed E-state index contributed by atoms with van der Waals surface area (Å²) >= 11 is 0. The van der Waals surface area contributed by atoms with Crippen molar-refractivity contribution in [1.29, 1.82) is 0 Å². The molecule has 0 amide bonds. The highest BCUT2D eigenvalue weighted by Crippen LogP contribution is 2.21. The Balaban J connectivity index is 3.29. The molecule has 60 valence electrons. The first-order valence-electron chi connectivity index (χ1n) is 3.49. The molecule has 0 radical (unpaired) electrons. The molecule has 0 fully saturated rings. The average Bonchev–Trinajstić information content (AvgIpc) is 1.99. The summed E-state index contributed by atoms with van der Waals surface area (Å²) in [6, 6.07) is 3.10. The van der Waals surface area contributed by atoms with Crippen LogP contribution in [0.1, 0.15) is 12.5 Å². The molecule has 11 heavy (non-hydrogen) atoms. The van der Waals surface area contributed by atoms with Gasteiger partial charge in [-0.05, 0) is 18.6 Å². The van der Waals surface area contributed by atoms with Crippen LogP contribution in [0.15, 0.2) is 12.1 Å². The van der Waals surface area contributed by atoms with Gasteiger partial charge >= 0.3 is 0 Å². The second-order valence-corrected chi connectivity index (χ2v) is 2.39. The molecule has 0 bridgehead atoms. The number of nitrogen functional groups attached to an aromatic ring is 2. The molecule has 0 atom stereocenters. The van der Waals surface area contributed by atoms with E-state index in [1.54, 1.807) is 6.07 Å². The fourth-order valence-electron chi connectivity index (χ4n) is 1.01. The van der Waals surface area contributed by atoms with Gasteiger partial charge < -0.3 is 11.5 Å². The maximum atomic E-state index is 13.1. The summed E-state index contributed by atoms with van der Waals surface area (Å²) in [5.41, 5.74) is 12.0. The molecule has 0 saturated carbocycles. The molecule has 1 rings (SSSR count). The van der Waals surface area contributed by atoms with E-state index in [-0.39, 0.29) is 11.5 Å². The maximum Gasteiger partial charge on any atom is 0.151 e. The molecule has 2 nitrogen and oxygen atoms in total. The monoisotopic (exact) mass is 154 g/mol. The van der Waals surface area contributed by atoms with Gasteiger partial charge in [0.1, 0.15) is 0 Å². The third kappa shape index (κ3) is 1.27. The van der Waals surface area contributed by atoms with Gasteiger partial charge in [-0.15, -0.1) is 0 Å². The molecule has 1 aromatic carbocycles. The highest BCUT2D eigenvalue weighted by Gasteiger charge is 2.06. The summed E-state index contributed by atoms with van der Waals surface area (Å²) in [5.74, 6) is -0.382. The Kier molecular flexibility index (Phi) is 1.98. The summed E-state index contributed by atoms with van der Waals surface area (Å²) in [5, 5.41) is 0. The minimum Gasteiger partial charge on any atom is -0.398 e. The largest absolute Gasteiger partial charge is 0.398 e. The zero-order chi connectivity index (χ0) is 8.43. The van der Waals surface area contributed by atoms with Crippen LogP contribution >= 0.6 is 0 Å². The topological polar surface area (TPSA) is 52.0 Å². The first kappa shape index (κ1) is 7.85. The highest BCUT2D eigenvalue weighted by atomic mass is 19.1. The van der Waals surface area contributed by atoms with Crippen LogP contribution in [-0.4, -0.2) is 0 Å². The number of rotatable bonds is 1. The number of benzene rings is 1. The molecule has 0 spiro atoms. The van der Waals surface area contributed by atoms with Gasteiger partial charge in [0.2, 0.25) is 0 Å². The average molecular weight is 154 g/mol.